The van der Waals surface area contributed by atoms with Crippen molar-refractivity contribution >= 4 is 15.9 Å². The number of sulfonamides is 1. The third-order valence-electron chi connectivity index (χ3n) is 3.53. The number of nitrogens with two attached hydrogens (primary N) is 1. The highest BCUT2D eigenvalue weighted by Crippen LogP contribution is 2.24. The molecule has 0 spiro atoms. The van der Waals surface area contributed by atoms with Crippen molar-refractivity contribution in [1.82, 2.24) is 4.90 Å². The predicted molar refractivity (Wildman–Crippen MR) is 72.2 cm³/mol. The standard InChI is InChI=1S/C13H18N2O3S/c1-2-10-6-5-9-15(10)13(16)11-7-3-4-8-12(11)19(14,17)18/h3-4,7-8,10H,2,5-6,9H2,1H3,(H2,14,17,18). The fourth-order valence-corrected chi connectivity index (χ4v) is 3.30. The number of benzene rings is 1. The van der Waals surface area contributed by atoms with Gasteiger partial charge in [-0.25, -0.2) is 13.6 Å². The Kier molecular flexibility index (Phi) is 3.91. The molecule has 1 saturated heterocycles. The smallest absolute Gasteiger partial charge is 0.255 e. The third kappa shape index (κ3) is 2.79. The lowest BCUT2D eigenvalue weighted by Crippen LogP contribution is -2.36. The first-order valence-corrected chi connectivity index (χ1v) is 7.92. The van der Waals surface area contributed by atoms with E-state index in [-0.39, 0.29) is 22.4 Å². The van der Waals surface area contributed by atoms with Crippen LogP contribution in [0.15, 0.2) is 29.2 Å². The maximum Gasteiger partial charge on any atom is 0.255 e. The maximum atomic E-state index is 12.5. The Bertz CT molecular complexity index is 583. The van der Waals surface area contributed by atoms with Gasteiger partial charge < -0.3 is 4.90 Å². The first-order valence-electron chi connectivity index (χ1n) is 6.38. The number of rotatable bonds is 3. The Balaban J connectivity index is 2.40. The van der Waals surface area contributed by atoms with Gasteiger partial charge in [-0.1, -0.05) is 19.1 Å². The number of hydrogen-bond donors (Lipinski definition) is 1. The maximum absolute atomic E-state index is 12.5. The molecule has 1 aliphatic rings. The molecule has 104 valence electrons. The number of hydrogen-bond acceptors (Lipinski definition) is 3. The lowest BCUT2D eigenvalue weighted by atomic mass is 10.1. The van der Waals surface area contributed by atoms with Gasteiger partial charge in [0.05, 0.1) is 10.5 Å². The average Bonchev–Trinajstić information content (AvgIpc) is 2.85. The molecule has 2 rings (SSSR count). The Hall–Kier alpha value is -1.40. The number of carbonyl (C=O) groups excluding carboxylic acids is 1. The van der Waals surface area contributed by atoms with Crippen LogP contribution in [0.2, 0.25) is 0 Å². The zero-order valence-electron chi connectivity index (χ0n) is 10.9. The van der Waals surface area contributed by atoms with E-state index >= 15 is 0 Å². The van der Waals surface area contributed by atoms with Crippen molar-refractivity contribution in [2.45, 2.75) is 37.1 Å². The van der Waals surface area contributed by atoms with Gasteiger partial charge in [-0.2, -0.15) is 0 Å². The van der Waals surface area contributed by atoms with E-state index in [1.807, 2.05) is 6.92 Å². The van der Waals surface area contributed by atoms with Gasteiger partial charge in [0, 0.05) is 12.6 Å². The summed E-state index contributed by atoms with van der Waals surface area (Å²) in [5.74, 6) is -0.242. The number of primary sulfonamides is 1. The summed E-state index contributed by atoms with van der Waals surface area (Å²) < 4.78 is 23.1. The van der Waals surface area contributed by atoms with Gasteiger partial charge in [-0.15, -0.1) is 0 Å². The molecule has 1 aromatic rings. The first-order chi connectivity index (χ1) is 8.95. The summed E-state index contributed by atoms with van der Waals surface area (Å²) in [6, 6.07) is 6.31. The Labute approximate surface area is 113 Å². The van der Waals surface area contributed by atoms with Crippen molar-refractivity contribution in [2.75, 3.05) is 6.54 Å². The Morgan fingerprint density at radius 1 is 1.42 bits per heavy atom. The normalized spacial score (nSPS) is 19.7. The minimum absolute atomic E-state index is 0.0956. The molecule has 0 saturated carbocycles. The zero-order chi connectivity index (χ0) is 14.0. The van der Waals surface area contributed by atoms with Gasteiger partial charge in [-0.3, -0.25) is 4.79 Å². The second kappa shape index (κ2) is 5.30. The highest BCUT2D eigenvalue weighted by atomic mass is 32.2. The third-order valence-corrected chi connectivity index (χ3v) is 4.50. The molecule has 1 amide bonds. The summed E-state index contributed by atoms with van der Waals surface area (Å²) in [5, 5.41) is 5.16. The minimum Gasteiger partial charge on any atom is -0.336 e. The van der Waals surface area contributed by atoms with Crippen LogP contribution < -0.4 is 5.14 Å². The number of amides is 1. The molecule has 1 unspecified atom stereocenters. The van der Waals surface area contributed by atoms with Crippen molar-refractivity contribution in [3.8, 4) is 0 Å². The molecule has 19 heavy (non-hydrogen) atoms. The Morgan fingerprint density at radius 3 is 2.74 bits per heavy atom. The number of carbonyl (C=O) groups is 1. The van der Waals surface area contributed by atoms with Crippen LogP contribution >= 0.6 is 0 Å². The van der Waals surface area contributed by atoms with Crippen molar-refractivity contribution in [2.24, 2.45) is 5.14 Å². The molecule has 2 N–H and O–H groups in total. The van der Waals surface area contributed by atoms with E-state index < -0.39 is 10.0 Å². The monoisotopic (exact) mass is 282 g/mol. The summed E-state index contributed by atoms with van der Waals surface area (Å²) >= 11 is 0. The van der Waals surface area contributed by atoms with Crippen LogP contribution in [0, 0.1) is 0 Å². The summed E-state index contributed by atoms with van der Waals surface area (Å²) in [7, 11) is -3.88. The van der Waals surface area contributed by atoms with Gasteiger partial charge in [0.25, 0.3) is 5.91 Å². The lowest BCUT2D eigenvalue weighted by Gasteiger charge is -2.24. The fraction of sp³-hybridized carbons (Fsp3) is 0.462. The molecule has 0 aliphatic carbocycles. The highest BCUT2D eigenvalue weighted by Gasteiger charge is 2.30. The van der Waals surface area contributed by atoms with E-state index in [9.17, 15) is 13.2 Å². The highest BCUT2D eigenvalue weighted by molar-refractivity contribution is 7.89. The van der Waals surface area contributed by atoms with Gasteiger partial charge in [-0.05, 0) is 31.4 Å². The van der Waals surface area contributed by atoms with Gasteiger partial charge in [0.1, 0.15) is 0 Å². The average molecular weight is 282 g/mol. The van der Waals surface area contributed by atoms with Crippen molar-refractivity contribution < 1.29 is 13.2 Å². The van der Waals surface area contributed by atoms with Crippen molar-refractivity contribution in [3.05, 3.63) is 29.8 Å². The molecule has 0 bridgehead atoms. The summed E-state index contributed by atoms with van der Waals surface area (Å²) in [6.45, 7) is 2.71. The molecule has 1 heterocycles. The molecule has 1 aromatic carbocycles. The molecule has 1 atom stereocenters. The lowest BCUT2D eigenvalue weighted by molar-refractivity contribution is 0.0729. The van der Waals surface area contributed by atoms with Gasteiger partial charge in [0.15, 0.2) is 0 Å². The summed E-state index contributed by atoms with van der Waals surface area (Å²) in [5.41, 5.74) is 0.172. The summed E-state index contributed by atoms with van der Waals surface area (Å²) in [4.78, 5) is 14.1. The van der Waals surface area contributed by atoms with Crippen LogP contribution in [0.5, 0.6) is 0 Å². The van der Waals surface area contributed by atoms with E-state index in [4.69, 9.17) is 5.14 Å². The number of likely N-dealkylation sites (tertiary alicyclic amines) is 1. The minimum atomic E-state index is -3.88. The molecular weight excluding hydrogens is 264 g/mol. The van der Waals surface area contributed by atoms with Crippen LogP contribution in [-0.4, -0.2) is 31.8 Å². The SMILES string of the molecule is CCC1CCCN1C(=O)c1ccccc1S(N)(=O)=O. The quantitative estimate of drug-likeness (QED) is 0.908. The predicted octanol–water partition coefficient (Wildman–Crippen LogP) is 1.35. The van der Waals surface area contributed by atoms with Crippen LogP contribution in [0.1, 0.15) is 36.5 Å². The van der Waals surface area contributed by atoms with E-state index in [1.165, 1.54) is 12.1 Å². The number of nitrogens with zero attached hydrogens (tertiary/aromatic N) is 1. The molecule has 0 radical (unpaired) electrons. The largest absolute Gasteiger partial charge is 0.336 e. The van der Waals surface area contributed by atoms with Gasteiger partial charge in [0.2, 0.25) is 10.0 Å². The fourth-order valence-electron chi connectivity index (χ4n) is 2.57. The van der Waals surface area contributed by atoms with Crippen molar-refractivity contribution in [3.63, 3.8) is 0 Å². The second-order valence-corrected chi connectivity index (χ2v) is 6.27. The van der Waals surface area contributed by atoms with Gasteiger partial charge >= 0.3 is 0 Å². The molecule has 1 fully saturated rings. The Morgan fingerprint density at radius 2 is 2.11 bits per heavy atom. The molecule has 0 aromatic heterocycles. The van der Waals surface area contributed by atoms with Crippen LogP contribution in [0.4, 0.5) is 0 Å². The van der Waals surface area contributed by atoms with Crippen molar-refractivity contribution in [1.29, 1.82) is 0 Å². The van der Waals surface area contributed by atoms with Crippen LogP contribution in [0.25, 0.3) is 0 Å². The molecule has 1 aliphatic heterocycles. The first kappa shape index (κ1) is 14.0. The molecule has 6 heteroatoms. The molecule has 5 nitrogen and oxygen atoms in total. The van der Waals surface area contributed by atoms with Crippen LogP contribution in [0.3, 0.4) is 0 Å². The summed E-state index contributed by atoms with van der Waals surface area (Å²) in [6.07, 6.45) is 2.81. The topological polar surface area (TPSA) is 80.5 Å². The van der Waals surface area contributed by atoms with E-state index in [1.54, 1.807) is 17.0 Å². The van der Waals surface area contributed by atoms with E-state index in [2.05, 4.69) is 0 Å². The molecular formula is C13H18N2O3S. The van der Waals surface area contributed by atoms with Crippen LogP contribution in [-0.2, 0) is 10.0 Å². The second-order valence-electron chi connectivity index (χ2n) is 4.74. The van der Waals surface area contributed by atoms with E-state index in [0.717, 1.165) is 19.3 Å². The zero-order valence-corrected chi connectivity index (χ0v) is 11.7. The van der Waals surface area contributed by atoms with E-state index in [0.29, 0.717) is 6.54 Å².